The van der Waals surface area contributed by atoms with Gasteiger partial charge in [-0.05, 0) is 337 Å². The summed E-state index contributed by atoms with van der Waals surface area (Å²) in [6, 6.07) is 41.8. The van der Waals surface area contributed by atoms with E-state index in [0.29, 0.717) is 129 Å². The summed E-state index contributed by atoms with van der Waals surface area (Å²) >= 11 is 0. The number of aryl methyl sites for hydroxylation is 10. The van der Waals surface area contributed by atoms with E-state index in [4.69, 9.17) is 0 Å². The van der Waals surface area contributed by atoms with Crippen molar-refractivity contribution in [2.75, 3.05) is 0 Å². The lowest BCUT2D eigenvalue weighted by Gasteiger charge is -2.29. The standard InChI is InChI=1S/2C46H46O14/c2*47-33-13-23(1-5-28(33)6-3-24-14-35(49)43(57)36(50)15-24)2-8-30(11-26-18-39(53)45(59)40(54)19-26)32(12-27-20-41(55)46(60)42(56)21-27)31-10-9-29(34(48)22-31)7-4-25-16-37(51)44(58)38(52)17-25/h2*1,5,9-10,13-22,30,32,47-60H,2-4,6-8,11-12H2/t2*30-,32-/m10/s1. The summed E-state index contributed by atoms with van der Waals surface area (Å²) in [6.45, 7) is 0. The van der Waals surface area contributed by atoms with Crippen LogP contribution in [0.1, 0.15) is 114 Å². The maximum atomic E-state index is 11.3. The summed E-state index contributed by atoms with van der Waals surface area (Å²) in [5.41, 5.74) is 8.89. The van der Waals surface area contributed by atoms with E-state index in [9.17, 15) is 143 Å². The molecule has 12 aromatic rings. The van der Waals surface area contributed by atoms with Crippen molar-refractivity contribution in [2.24, 2.45) is 11.8 Å². The van der Waals surface area contributed by atoms with Crippen LogP contribution in [0.4, 0.5) is 0 Å². The molecule has 0 spiro atoms. The van der Waals surface area contributed by atoms with E-state index in [2.05, 4.69) is 0 Å². The summed E-state index contributed by atoms with van der Waals surface area (Å²) < 4.78 is 0. The Kier molecular flexibility index (Phi) is 26.4. The van der Waals surface area contributed by atoms with Gasteiger partial charge in [0.1, 0.15) is 23.0 Å². The molecule has 12 rings (SSSR count). The predicted molar refractivity (Wildman–Crippen MR) is 437 cm³/mol. The highest BCUT2D eigenvalue weighted by Crippen LogP contribution is 2.48. The van der Waals surface area contributed by atoms with Gasteiger partial charge in [-0.2, -0.15) is 0 Å². The molecule has 0 aliphatic carbocycles. The summed E-state index contributed by atoms with van der Waals surface area (Å²) in [5, 5.41) is 287. The molecule has 0 heterocycles. The maximum absolute atomic E-state index is 11.3. The van der Waals surface area contributed by atoms with E-state index in [-0.39, 0.29) is 74.4 Å². The summed E-state index contributed by atoms with van der Waals surface area (Å²) in [7, 11) is 0. The summed E-state index contributed by atoms with van der Waals surface area (Å²) in [5.74, 6) is -15.3. The minimum absolute atomic E-state index is 0.00878. The molecule has 0 aliphatic heterocycles. The molecular formula is C92H92O28. The zero-order valence-corrected chi connectivity index (χ0v) is 64.3. The van der Waals surface area contributed by atoms with E-state index in [1.165, 1.54) is 97.1 Å². The van der Waals surface area contributed by atoms with Crippen LogP contribution >= 0.6 is 0 Å². The lowest BCUT2D eigenvalue weighted by Crippen LogP contribution is -2.19. The van der Waals surface area contributed by atoms with Crippen molar-refractivity contribution in [2.45, 2.75) is 115 Å². The molecule has 28 nitrogen and oxygen atoms in total. The zero-order chi connectivity index (χ0) is 86.8. The molecule has 0 amide bonds. The molecule has 4 atom stereocenters. The number of phenols is 28. The molecule has 0 saturated carbocycles. The van der Waals surface area contributed by atoms with E-state index < -0.39 is 162 Å². The molecule has 0 aromatic heterocycles. The number of aromatic hydroxyl groups is 28. The Morgan fingerprint density at radius 2 is 0.325 bits per heavy atom. The van der Waals surface area contributed by atoms with Gasteiger partial charge in [0.15, 0.2) is 138 Å². The lowest BCUT2D eigenvalue weighted by atomic mass is 9.75. The molecule has 12 aromatic carbocycles. The van der Waals surface area contributed by atoms with Crippen molar-refractivity contribution in [3.8, 4) is 161 Å². The van der Waals surface area contributed by atoms with Crippen molar-refractivity contribution in [3.05, 3.63) is 259 Å². The first-order valence-corrected chi connectivity index (χ1v) is 38.1. The number of phenolic OH excluding ortho intramolecular Hbond substituents is 28. The third-order valence-corrected chi connectivity index (χ3v) is 21.8. The van der Waals surface area contributed by atoms with Crippen LogP contribution in [-0.4, -0.2) is 143 Å². The minimum atomic E-state index is -0.693. The van der Waals surface area contributed by atoms with E-state index in [1.54, 1.807) is 60.7 Å². The SMILES string of the molecule is Oc1cc(CC[C@@H](Cc2cc(O)c(O)c(O)c2)[C@H](Cc2cc(O)c(O)c(O)c2)c2ccc(CCc3cc(O)c(O)c(O)c3)c(O)c2)ccc1CCc1cc(O)c(O)c(O)c1.Oc1cc(CC[C@H](Cc2cc(O)c(O)c(O)c2)[C@@H](Cc2cc(O)c(O)c(O)c2)c2ccc(CCc3cc(O)c(O)c(O)c3)c(O)c2)ccc1CCc1cc(O)c(O)c(O)c1. The molecule has 120 heavy (non-hydrogen) atoms. The Hall–Kier alpha value is -15.0. The summed E-state index contributed by atoms with van der Waals surface area (Å²) in [4.78, 5) is 0. The molecule has 0 radical (unpaired) electrons. The number of benzene rings is 12. The van der Waals surface area contributed by atoms with Crippen LogP contribution in [0.15, 0.2) is 170 Å². The average molecular weight is 1650 g/mol. The Morgan fingerprint density at radius 1 is 0.150 bits per heavy atom. The van der Waals surface area contributed by atoms with Crippen molar-refractivity contribution in [1.29, 1.82) is 0 Å². The highest BCUT2D eigenvalue weighted by molar-refractivity contribution is 5.59. The number of rotatable bonds is 30. The summed E-state index contributed by atoms with van der Waals surface area (Å²) in [6.07, 6.45) is 4.83. The van der Waals surface area contributed by atoms with Crippen LogP contribution in [0, 0.1) is 11.8 Å². The second kappa shape index (κ2) is 36.9. The third-order valence-electron chi connectivity index (χ3n) is 21.8. The molecule has 28 N–H and O–H groups in total. The number of hydrogen-bond donors (Lipinski definition) is 28. The van der Waals surface area contributed by atoms with Crippen LogP contribution in [0.5, 0.6) is 161 Å². The van der Waals surface area contributed by atoms with Gasteiger partial charge >= 0.3 is 0 Å². The Balaban J connectivity index is 0.000000235. The van der Waals surface area contributed by atoms with Crippen LogP contribution in [0.2, 0.25) is 0 Å². The Morgan fingerprint density at radius 3 is 0.525 bits per heavy atom. The van der Waals surface area contributed by atoms with Crippen molar-refractivity contribution < 1.29 is 143 Å². The van der Waals surface area contributed by atoms with Gasteiger partial charge in [-0.1, -0.05) is 48.5 Å². The molecule has 0 aliphatic rings. The first kappa shape index (κ1) is 85.9. The topological polar surface area (TPSA) is 566 Å². The fraction of sp³-hybridized carbons (Fsp3) is 0.217. The Bertz CT molecular complexity index is 5230. The highest BCUT2D eigenvalue weighted by atomic mass is 16.4. The minimum Gasteiger partial charge on any atom is -0.508 e. The van der Waals surface area contributed by atoms with Crippen LogP contribution in [0.3, 0.4) is 0 Å². The molecule has 0 bridgehead atoms. The van der Waals surface area contributed by atoms with E-state index >= 15 is 0 Å². The first-order valence-electron chi connectivity index (χ1n) is 38.1. The zero-order valence-electron chi connectivity index (χ0n) is 64.3. The molecule has 0 unspecified atom stereocenters. The van der Waals surface area contributed by atoms with Crippen molar-refractivity contribution in [1.82, 2.24) is 0 Å². The average Bonchev–Trinajstić information content (AvgIpc) is 0.801. The fourth-order valence-electron chi connectivity index (χ4n) is 15.3. The van der Waals surface area contributed by atoms with Crippen LogP contribution < -0.4 is 0 Å². The highest BCUT2D eigenvalue weighted by Gasteiger charge is 2.31. The van der Waals surface area contributed by atoms with E-state index in [1.807, 2.05) is 12.1 Å². The van der Waals surface area contributed by atoms with Gasteiger partial charge in [0.2, 0.25) is 0 Å². The van der Waals surface area contributed by atoms with Gasteiger partial charge in [-0.3, -0.25) is 0 Å². The van der Waals surface area contributed by atoms with Crippen molar-refractivity contribution >= 4 is 0 Å². The molecule has 0 fully saturated rings. The first-order chi connectivity index (χ1) is 56.9. The van der Waals surface area contributed by atoms with Gasteiger partial charge in [0, 0.05) is 0 Å². The van der Waals surface area contributed by atoms with E-state index in [0.717, 1.165) is 11.1 Å². The Labute approximate surface area is 686 Å². The van der Waals surface area contributed by atoms with Crippen molar-refractivity contribution in [3.63, 3.8) is 0 Å². The quantitative estimate of drug-likeness (QED) is 0.0186. The monoisotopic (exact) mass is 1640 g/mol. The van der Waals surface area contributed by atoms with Gasteiger partial charge in [0.05, 0.1) is 0 Å². The van der Waals surface area contributed by atoms with Crippen LogP contribution in [0.25, 0.3) is 0 Å². The largest absolute Gasteiger partial charge is 0.508 e. The van der Waals surface area contributed by atoms with Gasteiger partial charge < -0.3 is 143 Å². The molecular weight excluding hydrogens is 1550 g/mol. The second-order valence-corrected chi connectivity index (χ2v) is 30.2. The van der Waals surface area contributed by atoms with Crippen LogP contribution in [-0.2, 0) is 89.9 Å². The molecule has 0 saturated heterocycles. The molecule has 628 valence electrons. The third kappa shape index (κ3) is 20.8. The maximum Gasteiger partial charge on any atom is 0.200 e. The van der Waals surface area contributed by atoms with Gasteiger partial charge in [-0.15, -0.1) is 0 Å². The lowest BCUT2D eigenvalue weighted by molar-refractivity contribution is 0.359. The fourth-order valence-corrected chi connectivity index (χ4v) is 15.3. The number of hydrogen-bond acceptors (Lipinski definition) is 28. The predicted octanol–water partition coefficient (Wildman–Crippen LogP) is 13.9. The van der Waals surface area contributed by atoms with Gasteiger partial charge in [0.25, 0.3) is 0 Å². The molecule has 28 heteroatoms. The normalized spacial score (nSPS) is 12.3. The second-order valence-electron chi connectivity index (χ2n) is 30.2. The van der Waals surface area contributed by atoms with Gasteiger partial charge in [-0.25, -0.2) is 0 Å². The smallest absolute Gasteiger partial charge is 0.200 e.